The van der Waals surface area contributed by atoms with Crippen LogP contribution in [0.2, 0.25) is 0 Å². The van der Waals surface area contributed by atoms with Gasteiger partial charge in [0.1, 0.15) is 5.82 Å². The predicted molar refractivity (Wildman–Crippen MR) is 98.5 cm³/mol. The van der Waals surface area contributed by atoms with Gasteiger partial charge in [-0.15, -0.1) is 9.19 Å². The molecule has 28 heavy (non-hydrogen) atoms. The fraction of sp³-hybridized carbons (Fsp3) is 0.0588. The molecule has 0 aliphatic heterocycles. The van der Waals surface area contributed by atoms with E-state index in [0.717, 1.165) is 6.07 Å². The van der Waals surface area contributed by atoms with E-state index in [2.05, 4.69) is 5.10 Å². The second-order valence-electron chi connectivity index (χ2n) is 5.66. The maximum absolute atomic E-state index is 12.6. The first kappa shape index (κ1) is 19.0. The van der Waals surface area contributed by atoms with Crippen molar-refractivity contribution in [2.24, 2.45) is 0 Å². The largest absolute Gasteiger partial charge is 0.402 e. The van der Waals surface area contributed by atoms with Crippen molar-refractivity contribution in [1.29, 1.82) is 0 Å². The number of nitrogens with two attached hydrogens (primary N) is 1. The molecule has 10 nitrogen and oxygen atoms in total. The molecule has 11 heteroatoms. The van der Waals surface area contributed by atoms with Crippen molar-refractivity contribution in [2.45, 2.75) is 11.8 Å². The molecule has 3 rings (SSSR count). The highest BCUT2D eigenvalue weighted by Gasteiger charge is 2.24. The van der Waals surface area contributed by atoms with E-state index in [0.29, 0.717) is 4.09 Å². The molecule has 1 heterocycles. The first-order chi connectivity index (χ1) is 13.2. The lowest BCUT2D eigenvalue weighted by atomic mass is 10.1. The maximum atomic E-state index is 12.6. The summed E-state index contributed by atoms with van der Waals surface area (Å²) in [6.07, 6.45) is 0. The Bertz CT molecular complexity index is 1170. The molecule has 2 aromatic carbocycles. The van der Waals surface area contributed by atoms with Crippen LogP contribution in [0.15, 0.2) is 59.5 Å². The van der Waals surface area contributed by atoms with Crippen molar-refractivity contribution in [3.63, 3.8) is 0 Å². The number of rotatable bonds is 5. The molecule has 0 atom stereocenters. The molecule has 0 saturated carbocycles. The Balaban J connectivity index is 1.92. The molecule has 0 amide bonds. The Morgan fingerprint density at radius 2 is 1.86 bits per heavy atom. The Hall–Kier alpha value is -3.73. The van der Waals surface area contributed by atoms with Crippen LogP contribution in [-0.4, -0.2) is 28.5 Å². The van der Waals surface area contributed by atoms with Crippen LogP contribution >= 0.6 is 0 Å². The summed E-state index contributed by atoms with van der Waals surface area (Å²) in [5.74, 6) is -1.54. The number of nitro groups is 1. The molecule has 0 unspecified atom stereocenters. The summed E-state index contributed by atoms with van der Waals surface area (Å²) in [5.41, 5.74) is 5.53. The molecule has 0 aliphatic carbocycles. The van der Waals surface area contributed by atoms with E-state index in [4.69, 9.17) is 10.5 Å². The number of nitrogens with zero attached hydrogens (tertiary/aromatic N) is 3. The smallest absolute Gasteiger partial charge is 0.345 e. The third-order valence-corrected chi connectivity index (χ3v) is 5.49. The van der Waals surface area contributed by atoms with Crippen LogP contribution in [0.3, 0.4) is 0 Å². The molecule has 3 aromatic rings. The average molecular weight is 402 g/mol. The van der Waals surface area contributed by atoms with E-state index < -0.39 is 20.9 Å². The molecule has 0 saturated heterocycles. The fourth-order valence-electron chi connectivity index (χ4n) is 2.48. The minimum Gasteiger partial charge on any atom is -0.402 e. The summed E-state index contributed by atoms with van der Waals surface area (Å²) in [5, 5.41) is 14.7. The van der Waals surface area contributed by atoms with Crippen LogP contribution in [0.1, 0.15) is 15.9 Å². The second kappa shape index (κ2) is 7.12. The van der Waals surface area contributed by atoms with Crippen molar-refractivity contribution in [3.05, 3.63) is 75.8 Å². The molecule has 144 valence electrons. The highest BCUT2D eigenvalue weighted by molar-refractivity contribution is 7.90. The zero-order valence-electron chi connectivity index (χ0n) is 14.5. The van der Waals surface area contributed by atoms with E-state index in [1.165, 1.54) is 37.3 Å². The van der Waals surface area contributed by atoms with Crippen LogP contribution in [0, 0.1) is 17.0 Å². The van der Waals surface area contributed by atoms with Gasteiger partial charge in [-0.2, -0.15) is 8.42 Å². The molecule has 0 aliphatic rings. The van der Waals surface area contributed by atoms with Gasteiger partial charge in [-0.05, 0) is 25.1 Å². The molecule has 0 radical (unpaired) electrons. The van der Waals surface area contributed by atoms with Crippen molar-refractivity contribution in [1.82, 2.24) is 9.19 Å². The zero-order valence-corrected chi connectivity index (χ0v) is 15.3. The Morgan fingerprint density at radius 1 is 1.18 bits per heavy atom. The Morgan fingerprint density at radius 3 is 2.50 bits per heavy atom. The third-order valence-electron chi connectivity index (χ3n) is 3.87. The molecule has 0 spiro atoms. The zero-order chi connectivity index (χ0) is 20.5. The van der Waals surface area contributed by atoms with E-state index in [-0.39, 0.29) is 33.4 Å². The third kappa shape index (κ3) is 3.42. The number of nitro benzene ring substituents is 1. The highest BCUT2D eigenvalue weighted by Crippen LogP contribution is 2.24. The molecule has 0 bridgehead atoms. The number of benzene rings is 2. The number of hydrogen-bond donors (Lipinski definition) is 1. The first-order valence-electron chi connectivity index (χ1n) is 7.84. The summed E-state index contributed by atoms with van der Waals surface area (Å²) in [7, 11) is -4.08. The van der Waals surface area contributed by atoms with Crippen molar-refractivity contribution in [3.8, 4) is 5.88 Å². The average Bonchev–Trinajstić information content (AvgIpc) is 3.03. The maximum Gasteiger partial charge on any atom is 0.345 e. The standard InChI is InChI=1S/C17H14N4O6S/c1-11-13(8-5-9-14(11)21(23)24)17(22)27-16-10-15(18)20(19-16)28(25,26)12-6-3-2-4-7-12/h2-10H,18H2,1H3. The van der Waals surface area contributed by atoms with Gasteiger partial charge in [0, 0.05) is 17.7 Å². The van der Waals surface area contributed by atoms with Crippen LogP contribution in [-0.2, 0) is 10.0 Å². The van der Waals surface area contributed by atoms with Gasteiger partial charge in [-0.3, -0.25) is 10.1 Å². The van der Waals surface area contributed by atoms with Crippen LogP contribution in [0.25, 0.3) is 0 Å². The lowest BCUT2D eigenvalue weighted by molar-refractivity contribution is -0.385. The Labute approximate surface area is 159 Å². The van der Waals surface area contributed by atoms with Gasteiger partial charge in [0.15, 0.2) is 0 Å². The minimum atomic E-state index is -4.08. The molecular weight excluding hydrogens is 388 g/mol. The molecular formula is C17H14N4O6S. The number of hydrogen-bond acceptors (Lipinski definition) is 8. The van der Waals surface area contributed by atoms with Crippen LogP contribution < -0.4 is 10.5 Å². The second-order valence-corrected chi connectivity index (χ2v) is 7.43. The fourth-order valence-corrected chi connectivity index (χ4v) is 3.70. The number of ether oxygens (including phenoxy) is 1. The van der Waals surface area contributed by atoms with Crippen molar-refractivity contribution >= 4 is 27.5 Å². The van der Waals surface area contributed by atoms with Crippen molar-refractivity contribution in [2.75, 3.05) is 5.73 Å². The lowest BCUT2D eigenvalue weighted by Crippen LogP contribution is -2.17. The van der Waals surface area contributed by atoms with Crippen LogP contribution in [0.4, 0.5) is 11.5 Å². The van der Waals surface area contributed by atoms with Crippen LogP contribution in [0.5, 0.6) is 5.88 Å². The summed E-state index contributed by atoms with van der Waals surface area (Å²) >= 11 is 0. The molecule has 1 aromatic heterocycles. The van der Waals surface area contributed by atoms with Gasteiger partial charge >= 0.3 is 5.97 Å². The molecule has 2 N–H and O–H groups in total. The summed E-state index contributed by atoms with van der Waals surface area (Å²) in [4.78, 5) is 22.7. The van der Waals surface area contributed by atoms with E-state index in [1.807, 2.05) is 0 Å². The van der Waals surface area contributed by atoms with Gasteiger partial charge in [0.25, 0.3) is 15.7 Å². The summed E-state index contributed by atoms with van der Waals surface area (Å²) in [6, 6.07) is 12.5. The van der Waals surface area contributed by atoms with Gasteiger partial charge in [0.2, 0.25) is 5.88 Å². The van der Waals surface area contributed by atoms with Gasteiger partial charge in [-0.25, -0.2) is 4.79 Å². The van der Waals surface area contributed by atoms with Gasteiger partial charge in [0.05, 0.1) is 15.4 Å². The molecule has 0 fully saturated rings. The first-order valence-corrected chi connectivity index (χ1v) is 9.28. The lowest BCUT2D eigenvalue weighted by Gasteiger charge is -2.06. The number of nitrogen functional groups attached to an aromatic ring is 1. The summed E-state index contributed by atoms with van der Waals surface area (Å²) in [6.45, 7) is 1.40. The van der Waals surface area contributed by atoms with Gasteiger partial charge in [-0.1, -0.05) is 24.3 Å². The number of carbonyl (C=O) groups excluding carboxylic acids is 1. The van der Waals surface area contributed by atoms with E-state index >= 15 is 0 Å². The number of aromatic nitrogens is 2. The quantitative estimate of drug-likeness (QED) is 0.388. The normalized spacial score (nSPS) is 11.2. The monoisotopic (exact) mass is 402 g/mol. The SMILES string of the molecule is Cc1c(C(=O)Oc2cc(N)n(S(=O)(=O)c3ccccc3)n2)cccc1[N+](=O)[O-]. The van der Waals surface area contributed by atoms with E-state index in [1.54, 1.807) is 18.2 Å². The predicted octanol–water partition coefficient (Wildman–Crippen LogP) is 2.14. The number of esters is 1. The minimum absolute atomic E-state index is 0.0443. The topological polar surface area (TPSA) is 147 Å². The highest BCUT2D eigenvalue weighted by atomic mass is 32.2. The number of carbonyl (C=O) groups is 1. The van der Waals surface area contributed by atoms with E-state index in [9.17, 15) is 23.3 Å². The summed E-state index contributed by atoms with van der Waals surface area (Å²) < 4.78 is 30.8. The Kier molecular flexibility index (Phi) is 4.84. The van der Waals surface area contributed by atoms with Crippen molar-refractivity contribution < 1.29 is 22.9 Å². The van der Waals surface area contributed by atoms with Gasteiger partial charge < -0.3 is 10.5 Å². The number of anilines is 1.